The molecule has 2 heterocycles. The first-order chi connectivity index (χ1) is 7.74. The van der Waals surface area contributed by atoms with Crippen molar-refractivity contribution in [1.82, 2.24) is 4.98 Å². The number of hydrogen-bond donors (Lipinski definition) is 0. The van der Waals surface area contributed by atoms with E-state index in [1.54, 1.807) is 11.3 Å². The van der Waals surface area contributed by atoms with Crippen molar-refractivity contribution in [2.45, 2.75) is 45.1 Å². The normalized spacial score (nSPS) is 24.5. The van der Waals surface area contributed by atoms with Crippen LogP contribution < -0.4 is 5.01 Å². The topological polar surface area (TPSA) is 28.5 Å². The third-order valence-electron chi connectivity index (χ3n) is 3.13. The Hall–Kier alpha value is -0.610. The van der Waals surface area contributed by atoms with Crippen molar-refractivity contribution in [3.63, 3.8) is 0 Å². The first-order valence-electron chi connectivity index (χ1n) is 5.75. The Kier molecular flexibility index (Phi) is 2.64. The van der Waals surface area contributed by atoms with Gasteiger partial charge in [0.25, 0.3) is 0 Å². The van der Waals surface area contributed by atoms with Gasteiger partial charge < -0.3 is 0 Å². The van der Waals surface area contributed by atoms with Gasteiger partial charge in [-0.25, -0.2) is 9.99 Å². The molecule has 1 aliphatic heterocycles. The largest absolute Gasteiger partial charge is 0.235 e. The molecule has 5 heteroatoms. The third kappa shape index (κ3) is 1.74. The van der Waals surface area contributed by atoms with Crippen molar-refractivity contribution in [1.29, 1.82) is 0 Å². The first-order valence-corrected chi connectivity index (χ1v) is 6.94. The summed E-state index contributed by atoms with van der Waals surface area (Å²) in [4.78, 5) is 6.15. The number of hydrazone groups is 1. The van der Waals surface area contributed by atoms with Gasteiger partial charge in [0.2, 0.25) is 5.13 Å². The van der Waals surface area contributed by atoms with E-state index in [4.69, 9.17) is 16.6 Å². The lowest BCUT2D eigenvalue weighted by Gasteiger charge is -2.15. The maximum absolute atomic E-state index is 5.96. The summed E-state index contributed by atoms with van der Waals surface area (Å²) in [5, 5.41) is 8.04. The molecule has 16 heavy (non-hydrogen) atoms. The van der Waals surface area contributed by atoms with Crippen LogP contribution in [0.4, 0.5) is 5.13 Å². The van der Waals surface area contributed by atoms with Crippen molar-refractivity contribution in [2.24, 2.45) is 5.10 Å². The van der Waals surface area contributed by atoms with Crippen LogP contribution in [0.25, 0.3) is 0 Å². The van der Waals surface area contributed by atoms with Gasteiger partial charge in [0.15, 0.2) is 0 Å². The van der Waals surface area contributed by atoms with Crippen LogP contribution in [0.2, 0.25) is 0 Å². The molecule has 3 nitrogen and oxygen atoms in total. The fraction of sp³-hybridized carbons (Fsp3) is 0.636. The highest BCUT2D eigenvalue weighted by Crippen LogP contribution is 2.34. The number of aromatic nitrogens is 1. The molecule has 0 radical (unpaired) electrons. The molecule has 0 amide bonds. The zero-order valence-electron chi connectivity index (χ0n) is 9.24. The lowest BCUT2D eigenvalue weighted by Crippen LogP contribution is -2.22. The van der Waals surface area contributed by atoms with E-state index < -0.39 is 0 Å². The molecule has 86 valence electrons. The molecule has 0 aromatic carbocycles. The second-order valence-corrected chi connectivity index (χ2v) is 5.95. The van der Waals surface area contributed by atoms with Crippen LogP contribution in [-0.4, -0.2) is 16.2 Å². The zero-order valence-corrected chi connectivity index (χ0v) is 10.8. The molecule has 3 rings (SSSR count). The molecule has 1 unspecified atom stereocenters. The molecular formula is C11H14ClN3S. The fourth-order valence-electron chi connectivity index (χ4n) is 2.25. The Morgan fingerprint density at radius 1 is 1.38 bits per heavy atom. The summed E-state index contributed by atoms with van der Waals surface area (Å²) in [7, 11) is 0. The van der Waals surface area contributed by atoms with Gasteiger partial charge in [-0.05, 0) is 32.6 Å². The molecule has 0 saturated heterocycles. The van der Waals surface area contributed by atoms with E-state index in [0.29, 0.717) is 11.2 Å². The van der Waals surface area contributed by atoms with Crippen LogP contribution in [0.1, 0.15) is 36.8 Å². The Morgan fingerprint density at radius 2 is 2.19 bits per heavy atom. The van der Waals surface area contributed by atoms with E-state index in [1.807, 2.05) is 5.01 Å². The van der Waals surface area contributed by atoms with Gasteiger partial charge in [-0.15, -0.1) is 0 Å². The highest BCUT2D eigenvalue weighted by molar-refractivity contribution is 7.15. The molecule has 1 aromatic heterocycles. The quantitative estimate of drug-likeness (QED) is 0.771. The molecule has 2 aliphatic rings. The zero-order chi connectivity index (χ0) is 11.1. The highest BCUT2D eigenvalue weighted by atomic mass is 35.5. The summed E-state index contributed by atoms with van der Waals surface area (Å²) in [6.45, 7) is 2.14. The molecule has 0 fully saturated rings. The Morgan fingerprint density at radius 3 is 2.88 bits per heavy atom. The lowest BCUT2D eigenvalue weighted by molar-refractivity contribution is 0.677. The SMILES string of the molecule is CC1CC(Cl)=NN1c1nc2c(s1)CCCC2. The molecule has 1 aromatic rings. The Balaban J connectivity index is 1.92. The van der Waals surface area contributed by atoms with Crippen molar-refractivity contribution < 1.29 is 0 Å². The van der Waals surface area contributed by atoms with Gasteiger partial charge in [0, 0.05) is 11.3 Å². The minimum Gasteiger partial charge on any atom is -0.235 e. The molecule has 0 N–H and O–H groups in total. The number of thiazole rings is 1. The van der Waals surface area contributed by atoms with Crippen LogP contribution in [0, 0.1) is 0 Å². The highest BCUT2D eigenvalue weighted by Gasteiger charge is 2.27. The maximum Gasteiger partial charge on any atom is 0.206 e. The smallest absolute Gasteiger partial charge is 0.206 e. The van der Waals surface area contributed by atoms with E-state index in [2.05, 4.69) is 12.0 Å². The van der Waals surface area contributed by atoms with Crippen LogP contribution in [0.5, 0.6) is 0 Å². The number of fused-ring (bicyclic) bond motifs is 1. The van der Waals surface area contributed by atoms with Crippen LogP contribution >= 0.6 is 22.9 Å². The van der Waals surface area contributed by atoms with E-state index in [-0.39, 0.29) is 0 Å². The number of anilines is 1. The molecule has 1 atom stereocenters. The standard InChI is InChI=1S/C11H14ClN3S/c1-7-6-10(12)14-15(7)11-13-8-4-2-3-5-9(8)16-11/h7H,2-6H2,1H3. The summed E-state index contributed by atoms with van der Waals surface area (Å²) in [5.41, 5.74) is 1.29. The summed E-state index contributed by atoms with van der Waals surface area (Å²) >= 11 is 7.75. The molecule has 0 saturated carbocycles. The van der Waals surface area contributed by atoms with Gasteiger partial charge in [-0.1, -0.05) is 22.9 Å². The van der Waals surface area contributed by atoms with E-state index in [0.717, 1.165) is 18.0 Å². The minimum absolute atomic E-state index is 0.347. The monoisotopic (exact) mass is 255 g/mol. The number of aryl methyl sites for hydroxylation is 2. The van der Waals surface area contributed by atoms with Gasteiger partial charge in [0.1, 0.15) is 5.17 Å². The number of halogens is 1. The summed E-state index contributed by atoms with van der Waals surface area (Å²) < 4.78 is 0. The average Bonchev–Trinajstić information content (AvgIpc) is 2.81. The molecular weight excluding hydrogens is 242 g/mol. The van der Waals surface area contributed by atoms with Gasteiger partial charge >= 0.3 is 0 Å². The van der Waals surface area contributed by atoms with Gasteiger partial charge in [-0.2, -0.15) is 5.10 Å². The van der Waals surface area contributed by atoms with Crippen LogP contribution in [0.3, 0.4) is 0 Å². The van der Waals surface area contributed by atoms with Crippen LogP contribution in [-0.2, 0) is 12.8 Å². The van der Waals surface area contributed by atoms with Crippen molar-refractivity contribution >= 4 is 33.2 Å². The minimum atomic E-state index is 0.347. The molecule has 1 aliphatic carbocycles. The van der Waals surface area contributed by atoms with E-state index >= 15 is 0 Å². The maximum atomic E-state index is 5.96. The number of hydrogen-bond acceptors (Lipinski definition) is 4. The summed E-state index contributed by atoms with van der Waals surface area (Å²) in [5.74, 6) is 0. The third-order valence-corrected chi connectivity index (χ3v) is 4.50. The van der Waals surface area contributed by atoms with Crippen LogP contribution in [0.15, 0.2) is 5.10 Å². The number of rotatable bonds is 1. The van der Waals surface area contributed by atoms with Crippen molar-refractivity contribution in [3.05, 3.63) is 10.6 Å². The average molecular weight is 256 g/mol. The van der Waals surface area contributed by atoms with E-state index in [1.165, 1.54) is 29.8 Å². The van der Waals surface area contributed by atoms with Crippen molar-refractivity contribution in [2.75, 3.05) is 5.01 Å². The lowest BCUT2D eigenvalue weighted by atomic mass is 10.0. The molecule has 0 bridgehead atoms. The molecule has 0 spiro atoms. The number of nitrogens with zero attached hydrogens (tertiary/aromatic N) is 3. The predicted octanol–water partition coefficient (Wildman–Crippen LogP) is 3.17. The fourth-order valence-corrected chi connectivity index (χ4v) is 3.76. The second kappa shape index (κ2) is 4.00. The predicted molar refractivity (Wildman–Crippen MR) is 68.6 cm³/mol. The van der Waals surface area contributed by atoms with E-state index in [9.17, 15) is 0 Å². The van der Waals surface area contributed by atoms with Gasteiger partial charge in [0.05, 0.1) is 11.7 Å². The Bertz CT molecular complexity index is 417. The summed E-state index contributed by atoms with van der Waals surface area (Å²) in [6.07, 6.45) is 5.73. The second-order valence-electron chi connectivity index (χ2n) is 4.45. The summed E-state index contributed by atoms with van der Waals surface area (Å²) in [6, 6.07) is 0.347. The first kappa shape index (κ1) is 10.5. The van der Waals surface area contributed by atoms with Gasteiger partial charge in [-0.3, -0.25) is 0 Å². The van der Waals surface area contributed by atoms with Crippen molar-refractivity contribution in [3.8, 4) is 0 Å². The Labute approximate surface area is 104 Å².